The summed E-state index contributed by atoms with van der Waals surface area (Å²) in [7, 11) is 0. The normalized spacial score (nSPS) is 21.6. The Kier molecular flexibility index (Phi) is 2.61. The summed E-state index contributed by atoms with van der Waals surface area (Å²) in [6.45, 7) is 1.74. The van der Waals surface area contributed by atoms with E-state index in [9.17, 15) is 4.39 Å². The van der Waals surface area contributed by atoms with Crippen molar-refractivity contribution >= 4 is 17.3 Å². The first-order valence-corrected chi connectivity index (χ1v) is 5.00. The molecule has 0 aromatic heterocycles. The van der Waals surface area contributed by atoms with E-state index < -0.39 is 0 Å². The molecule has 4 heteroatoms. The fraction of sp³-hybridized carbons (Fsp3) is 0.400. The van der Waals surface area contributed by atoms with Crippen LogP contribution in [0.15, 0.2) is 18.2 Å². The number of benzene rings is 1. The number of rotatable bonds is 1. The van der Waals surface area contributed by atoms with E-state index in [0.29, 0.717) is 0 Å². The molecule has 2 nitrogen and oxygen atoms in total. The van der Waals surface area contributed by atoms with Gasteiger partial charge in [0.25, 0.3) is 0 Å². The van der Waals surface area contributed by atoms with Gasteiger partial charge in [-0.15, -0.1) is 0 Å². The maximum Gasteiger partial charge on any atom is 0.141 e. The second kappa shape index (κ2) is 3.75. The molecule has 1 aromatic rings. The van der Waals surface area contributed by atoms with Crippen molar-refractivity contribution in [1.82, 2.24) is 0 Å². The monoisotopic (exact) mass is 214 g/mol. The lowest BCUT2D eigenvalue weighted by Gasteiger charge is -2.18. The lowest BCUT2D eigenvalue weighted by molar-refractivity contribution is 0.628. The molecule has 14 heavy (non-hydrogen) atoms. The first-order valence-electron chi connectivity index (χ1n) is 4.62. The van der Waals surface area contributed by atoms with E-state index in [1.165, 1.54) is 6.07 Å². The molecule has 0 radical (unpaired) electrons. The van der Waals surface area contributed by atoms with Crippen molar-refractivity contribution in [3.8, 4) is 0 Å². The van der Waals surface area contributed by atoms with Gasteiger partial charge in [0, 0.05) is 24.8 Å². The van der Waals surface area contributed by atoms with Crippen LogP contribution in [0.2, 0.25) is 5.02 Å². The minimum absolute atomic E-state index is 0.169. The quantitative estimate of drug-likeness (QED) is 0.775. The third-order valence-electron chi connectivity index (χ3n) is 2.49. The molecule has 0 bridgehead atoms. The van der Waals surface area contributed by atoms with Crippen molar-refractivity contribution < 1.29 is 4.39 Å². The highest BCUT2D eigenvalue weighted by Gasteiger charge is 2.19. The third-order valence-corrected chi connectivity index (χ3v) is 2.78. The van der Waals surface area contributed by atoms with Gasteiger partial charge >= 0.3 is 0 Å². The van der Waals surface area contributed by atoms with Crippen molar-refractivity contribution in [1.29, 1.82) is 0 Å². The SMILES string of the molecule is N[C@H]1CCN(c2ccc(F)c(Cl)c2)C1. The van der Waals surface area contributed by atoms with E-state index in [4.69, 9.17) is 17.3 Å². The summed E-state index contributed by atoms with van der Waals surface area (Å²) in [6.07, 6.45) is 0.981. The number of hydrogen-bond donors (Lipinski definition) is 1. The van der Waals surface area contributed by atoms with Gasteiger partial charge in [0.05, 0.1) is 5.02 Å². The first kappa shape index (κ1) is 9.74. The molecular formula is C10H12ClFN2. The molecule has 1 aliphatic rings. The fourth-order valence-electron chi connectivity index (χ4n) is 1.70. The van der Waals surface area contributed by atoms with Gasteiger partial charge in [-0.2, -0.15) is 0 Å². The number of nitrogens with zero attached hydrogens (tertiary/aromatic N) is 1. The average Bonchev–Trinajstić information content (AvgIpc) is 2.57. The van der Waals surface area contributed by atoms with Crippen LogP contribution >= 0.6 is 11.6 Å². The summed E-state index contributed by atoms with van der Waals surface area (Å²) in [4.78, 5) is 2.12. The molecule has 0 unspecified atom stereocenters. The van der Waals surface area contributed by atoms with E-state index in [0.717, 1.165) is 25.2 Å². The third kappa shape index (κ3) is 1.83. The molecule has 1 atom stereocenters. The molecule has 0 aliphatic carbocycles. The minimum atomic E-state index is -0.376. The summed E-state index contributed by atoms with van der Waals surface area (Å²) in [5, 5.41) is 0.169. The van der Waals surface area contributed by atoms with E-state index in [1.54, 1.807) is 12.1 Å². The molecule has 76 valence electrons. The first-order chi connectivity index (χ1) is 6.66. The van der Waals surface area contributed by atoms with Gasteiger partial charge in [0.1, 0.15) is 5.82 Å². The molecule has 1 aromatic carbocycles. The molecule has 1 fully saturated rings. The lowest BCUT2D eigenvalue weighted by Crippen LogP contribution is -2.26. The zero-order valence-electron chi connectivity index (χ0n) is 7.71. The van der Waals surface area contributed by atoms with Gasteiger partial charge in [-0.3, -0.25) is 0 Å². The molecular weight excluding hydrogens is 203 g/mol. The van der Waals surface area contributed by atoms with Crippen molar-refractivity contribution in [2.45, 2.75) is 12.5 Å². The fourth-order valence-corrected chi connectivity index (χ4v) is 1.88. The second-order valence-electron chi connectivity index (χ2n) is 3.59. The zero-order valence-corrected chi connectivity index (χ0v) is 8.47. The van der Waals surface area contributed by atoms with Crippen LogP contribution in [0.4, 0.5) is 10.1 Å². The molecule has 1 aliphatic heterocycles. The van der Waals surface area contributed by atoms with Crippen molar-refractivity contribution in [2.75, 3.05) is 18.0 Å². The van der Waals surface area contributed by atoms with Crippen molar-refractivity contribution in [2.24, 2.45) is 5.73 Å². The Morgan fingerprint density at radius 3 is 2.86 bits per heavy atom. The molecule has 2 N–H and O–H groups in total. The highest BCUT2D eigenvalue weighted by Crippen LogP contribution is 2.24. The van der Waals surface area contributed by atoms with Crippen LogP contribution in [0, 0.1) is 5.82 Å². The Morgan fingerprint density at radius 2 is 2.29 bits per heavy atom. The van der Waals surface area contributed by atoms with Crippen LogP contribution in [-0.2, 0) is 0 Å². The van der Waals surface area contributed by atoms with Crippen LogP contribution in [0.1, 0.15) is 6.42 Å². The highest BCUT2D eigenvalue weighted by molar-refractivity contribution is 6.31. The Labute approximate surface area is 87.5 Å². The number of hydrogen-bond acceptors (Lipinski definition) is 2. The van der Waals surface area contributed by atoms with Crippen LogP contribution in [0.5, 0.6) is 0 Å². The van der Waals surface area contributed by atoms with Gasteiger partial charge in [-0.05, 0) is 24.6 Å². The molecule has 0 saturated carbocycles. The maximum absolute atomic E-state index is 12.9. The zero-order chi connectivity index (χ0) is 10.1. The van der Waals surface area contributed by atoms with Crippen molar-refractivity contribution in [3.63, 3.8) is 0 Å². The average molecular weight is 215 g/mol. The topological polar surface area (TPSA) is 29.3 Å². The molecule has 1 heterocycles. The van der Waals surface area contributed by atoms with Crippen LogP contribution in [-0.4, -0.2) is 19.1 Å². The van der Waals surface area contributed by atoms with Gasteiger partial charge in [0.15, 0.2) is 0 Å². The highest BCUT2D eigenvalue weighted by atomic mass is 35.5. The summed E-state index contributed by atoms with van der Waals surface area (Å²) in [5.41, 5.74) is 6.73. The Morgan fingerprint density at radius 1 is 1.50 bits per heavy atom. The number of nitrogens with two attached hydrogens (primary N) is 1. The summed E-state index contributed by atoms with van der Waals surface area (Å²) < 4.78 is 12.9. The predicted molar refractivity (Wildman–Crippen MR) is 56.2 cm³/mol. The van der Waals surface area contributed by atoms with Gasteiger partial charge in [-0.1, -0.05) is 11.6 Å². The maximum atomic E-state index is 12.9. The molecule has 2 rings (SSSR count). The Balaban J connectivity index is 2.20. The van der Waals surface area contributed by atoms with Gasteiger partial charge in [-0.25, -0.2) is 4.39 Å². The van der Waals surface area contributed by atoms with Crippen molar-refractivity contribution in [3.05, 3.63) is 29.0 Å². The van der Waals surface area contributed by atoms with E-state index in [1.807, 2.05) is 0 Å². The second-order valence-corrected chi connectivity index (χ2v) is 4.00. The summed E-state index contributed by atoms with van der Waals surface area (Å²) in [5.74, 6) is -0.376. The van der Waals surface area contributed by atoms with Gasteiger partial charge < -0.3 is 10.6 Å². The Bertz CT molecular complexity index is 343. The van der Waals surface area contributed by atoms with Crippen LogP contribution in [0.3, 0.4) is 0 Å². The predicted octanol–water partition coefficient (Wildman–Crippen LogP) is 2.02. The minimum Gasteiger partial charge on any atom is -0.370 e. The lowest BCUT2D eigenvalue weighted by atomic mass is 10.3. The largest absolute Gasteiger partial charge is 0.370 e. The van der Waals surface area contributed by atoms with E-state index in [2.05, 4.69) is 4.90 Å². The number of anilines is 1. The standard InChI is InChI=1S/C10H12ClFN2/c11-9-5-8(1-2-10(9)12)14-4-3-7(13)6-14/h1-2,5,7H,3-4,6,13H2/t7-/m0/s1. The Hall–Kier alpha value is -0.800. The van der Waals surface area contributed by atoms with Crippen LogP contribution in [0.25, 0.3) is 0 Å². The van der Waals surface area contributed by atoms with E-state index in [-0.39, 0.29) is 16.9 Å². The van der Waals surface area contributed by atoms with E-state index >= 15 is 0 Å². The van der Waals surface area contributed by atoms with Crippen LogP contribution < -0.4 is 10.6 Å². The molecule has 0 amide bonds. The summed E-state index contributed by atoms with van der Waals surface area (Å²) in [6, 6.07) is 4.99. The summed E-state index contributed by atoms with van der Waals surface area (Å²) >= 11 is 5.70. The van der Waals surface area contributed by atoms with Gasteiger partial charge in [0.2, 0.25) is 0 Å². The smallest absolute Gasteiger partial charge is 0.141 e. The molecule has 1 saturated heterocycles. The number of halogens is 2. The molecule has 0 spiro atoms.